The average molecular weight is 359 g/mol. The molecule has 1 saturated carbocycles. The Balaban J connectivity index is 1.83. The number of nitrogens with zero attached hydrogens (tertiary/aromatic N) is 3. The molecule has 0 N–H and O–H groups in total. The van der Waals surface area contributed by atoms with Crippen LogP contribution < -0.4 is 0 Å². The number of hydrogen-bond donors (Lipinski definition) is 1. The Kier molecular flexibility index (Phi) is 6.31. The van der Waals surface area contributed by atoms with E-state index in [1.54, 1.807) is 14.1 Å². The molecule has 1 aliphatic carbocycles. The van der Waals surface area contributed by atoms with Gasteiger partial charge in [-0.05, 0) is 25.2 Å². The number of rotatable bonds is 4. The zero-order chi connectivity index (χ0) is 17.9. The highest BCUT2D eigenvalue weighted by molar-refractivity contribution is 7.81. The first kappa shape index (κ1) is 18.8. The number of carbonyl (C=O) groups excluding carboxylic acids is 2. The largest absolute Gasteiger partial charge is 0.449 e. The molecule has 1 heterocycles. The fourth-order valence-corrected chi connectivity index (χ4v) is 3.72. The number of amides is 2. The highest BCUT2D eigenvalue weighted by Gasteiger charge is 2.40. The summed E-state index contributed by atoms with van der Waals surface area (Å²) in [5.41, 5.74) is 0. The van der Waals surface area contributed by atoms with Crippen LogP contribution >= 0.6 is 12.6 Å². The standard InChI is InChI=1S/C15H25N3O5S/c1-16(2)14(19)13-7-12(24)8-17(13)15(20)23-9-10-3-5-11(6-4-10)18(21)22/h10-13,24H,3-9H2,1-2H3. The molecule has 2 unspecified atom stereocenters. The Morgan fingerprint density at radius 3 is 2.46 bits per heavy atom. The van der Waals surface area contributed by atoms with Crippen molar-refractivity contribution in [3.05, 3.63) is 10.1 Å². The normalized spacial score (nSPS) is 30.0. The molecular weight excluding hydrogens is 334 g/mol. The Labute approximate surface area is 147 Å². The van der Waals surface area contributed by atoms with Gasteiger partial charge in [0.2, 0.25) is 11.9 Å². The fraction of sp³-hybridized carbons (Fsp3) is 0.867. The summed E-state index contributed by atoms with van der Waals surface area (Å²) >= 11 is 4.38. The highest BCUT2D eigenvalue weighted by atomic mass is 32.1. The zero-order valence-electron chi connectivity index (χ0n) is 14.1. The van der Waals surface area contributed by atoms with Gasteiger partial charge in [0.25, 0.3) is 0 Å². The van der Waals surface area contributed by atoms with Crippen LogP contribution in [0, 0.1) is 16.0 Å². The minimum atomic E-state index is -0.528. The molecule has 0 aromatic heterocycles. The van der Waals surface area contributed by atoms with Crippen molar-refractivity contribution >= 4 is 24.6 Å². The lowest BCUT2D eigenvalue weighted by molar-refractivity contribution is -0.527. The van der Waals surface area contributed by atoms with E-state index in [9.17, 15) is 19.7 Å². The highest BCUT2D eigenvalue weighted by Crippen LogP contribution is 2.27. The summed E-state index contributed by atoms with van der Waals surface area (Å²) in [6.45, 7) is 0.639. The number of carbonyl (C=O) groups is 2. The van der Waals surface area contributed by atoms with Crippen LogP contribution in [0.3, 0.4) is 0 Å². The van der Waals surface area contributed by atoms with E-state index in [0.717, 1.165) is 0 Å². The summed E-state index contributed by atoms with van der Waals surface area (Å²) in [6, 6.07) is -0.997. The zero-order valence-corrected chi connectivity index (χ0v) is 15.0. The maximum Gasteiger partial charge on any atom is 0.410 e. The predicted octanol–water partition coefficient (Wildman–Crippen LogP) is 1.42. The van der Waals surface area contributed by atoms with Crippen LogP contribution in [-0.2, 0) is 9.53 Å². The number of nitro groups is 1. The molecule has 2 atom stereocenters. The summed E-state index contributed by atoms with van der Waals surface area (Å²) in [4.78, 5) is 38.0. The van der Waals surface area contributed by atoms with E-state index < -0.39 is 18.2 Å². The molecule has 2 aliphatic rings. The van der Waals surface area contributed by atoms with Gasteiger partial charge in [-0.15, -0.1) is 0 Å². The number of thiol groups is 1. The molecule has 1 saturated heterocycles. The maximum atomic E-state index is 12.3. The van der Waals surface area contributed by atoms with Crippen LogP contribution in [0.15, 0.2) is 0 Å². The average Bonchev–Trinajstić information content (AvgIpc) is 2.94. The third-order valence-corrected chi connectivity index (χ3v) is 5.17. The minimum Gasteiger partial charge on any atom is -0.449 e. The Bertz CT molecular complexity index is 494. The smallest absolute Gasteiger partial charge is 0.410 e. The molecule has 2 rings (SSSR count). The van der Waals surface area contributed by atoms with E-state index in [1.807, 2.05) is 0 Å². The van der Waals surface area contributed by atoms with E-state index in [0.29, 0.717) is 38.6 Å². The fourth-order valence-electron chi connectivity index (χ4n) is 3.34. The maximum absolute atomic E-state index is 12.3. The van der Waals surface area contributed by atoms with Crippen molar-refractivity contribution < 1.29 is 19.2 Å². The van der Waals surface area contributed by atoms with E-state index in [-0.39, 0.29) is 28.6 Å². The summed E-state index contributed by atoms with van der Waals surface area (Å²) in [5, 5.41) is 10.7. The van der Waals surface area contributed by atoms with E-state index >= 15 is 0 Å². The molecule has 0 bridgehead atoms. The van der Waals surface area contributed by atoms with Crippen LogP contribution in [-0.4, -0.2) is 71.3 Å². The van der Waals surface area contributed by atoms with E-state index in [2.05, 4.69) is 12.6 Å². The molecule has 0 spiro atoms. The van der Waals surface area contributed by atoms with Crippen molar-refractivity contribution in [1.82, 2.24) is 9.80 Å². The second-order valence-electron chi connectivity index (χ2n) is 6.83. The third-order valence-electron chi connectivity index (χ3n) is 4.80. The Morgan fingerprint density at radius 1 is 1.29 bits per heavy atom. The van der Waals surface area contributed by atoms with Crippen molar-refractivity contribution in [2.75, 3.05) is 27.2 Å². The molecule has 1 aliphatic heterocycles. The van der Waals surface area contributed by atoms with Crippen molar-refractivity contribution in [3.8, 4) is 0 Å². The van der Waals surface area contributed by atoms with Gasteiger partial charge in [-0.2, -0.15) is 12.6 Å². The molecule has 0 radical (unpaired) electrons. The third kappa shape index (κ3) is 4.52. The molecule has 0 aromatic rings. The van der Waals surface area contributed by atoms with Gasteiger partial charge in [0.15, 0.2) is 0 Å². The molecule has 0 aromatic carbocycles. The van der Waals surface area contributed by atoms with Gasteiger partial charge in [-0.3, -0.25) is 19.8 Å². The van der Waals surface area contributed by atoms with Crippen molar-refractivity contribution in [3.63, 3.8) is 0 Å². The first-order valence-electron chi connectivity index (χ1n) is 8.25. The molecule has 2 amide bonds. The lowest BCUT2D eigenvalue weighted by Gasteiger charge is -2.27. The van der Waals surface area contributed by atoms with Crippen LogP contribution in [0.4, 0.5) is 4.79 Å². The first-order valence-corrected chi connectivity index (χ1v) is 8.77. The Morgan fingerprint density at radius 2 is 1.92 bits per heavy atom. The molecule has 9 heteroatoms. The van der Waals surface area contributed by atoms with Crippen LogP contribution in [0.2, 0.25) is 0 Å². The van der Waals surface area contributed by atoms with Gasteiger partial charge in [0.05, 0.1) is 6.61 Å². The minimum absolute atomic E-state index is 0.0398. The monoisotopic (exact) mass is 359 g/mol. The molecule has 24 heavy (non-hydrogen) atoms. The van der Waals surface area contributed by atoms with Crippen molar-refractivity contribution in [2.24, 2.45) is 5.92 Å². The number of likely N-dealkylation sites (tertiary alicyclic amines) is 1. The summed E-state index contributed by atoms with van der Waals surface area (Å²) < 4.78 is 5.38. The van der Waals surface area contributed by atoms with E-state index in [4.69, 9.17) is 4.74 Å². The first-order chi connectivity index (χ1) is 11.3. The van der Waals surface area contributed by atoms with Gasteiger partial charge in [-0.1, -0.05) is 0 Å². The summed E-state index contributed by atoms with van der Waals surface area (Å²) in [6.07, 6.45) is 2.45. The number of hydrogen-bond acceptors (Lipinski definition) is 6. The van der Waals surface area contributed by atoms with E-state index in [1.165, 1.54) is 9.80 Å². The van der Waals surface area contributed by atoms with Gasteiger partial charge in [0.1, 0.15) is 6.04 Å². The van der Waals surface area contributed by atoms with Gasteiger partial charge >= 0.3 is 6.09 Å². The Hall–Kier alpha value is -1.51. The van der Waals surface area contributed by atoms with Crippen LogP contribution in [0.5, 0.6) is 0 Å². The number of likely N-dealkylation sites (N-methyl/N-ethyl adjacent to an activating group) is 1. The molecular formula is C15H25N3O5S. The van der Waals surface area contributed by atoms with Crippen LogP contribution in [0.25, 0.3) is 0 Å². The molecule has 136 valence electrons. The summed E-state index contributed by atoms with van der Waals surface area (Å²) in [7, 11) is 3.32. The SMILES string of the molecule is CN(C)C(=O)C1CC(S)CN1C(=O)OCC1CCC([N+](=O)[O-])CC1. The van der Waals surface area contributed by atoms with Crippen molar-refractivity contribution in [2.45, 2.75) is 49.4 Å². The van der Waals surface area contributed by atoms with Gasteiger partial charge in [-0.25, -0.2) is 4.79 Å². The quantitative estimate of drug-likeness (QED) is 0.465. The predicted molar refractivity (Wildman–Crippen MR) is 90.7 cm³/mol. The summed E-state index contributed by atoms with van der Waals surface area (Å²) in [5.74, 6) is 0.0255. The lowest BCUT2D eigenvalue weighted by Crippen LogP contribution is -2.46. The molecule has 8 nitrogen and oxygen atoms in total. The van der Waals surface area contributed by atoms with Crippen LogP contribution in [0.1, 0.15) is 32.1 Å². The molecule has 2 fully saturated rings. The second-order valence-corrected chi connectivity index (χ2v) is 7.56. The number of ether oxygens (including phenoxy) is 1. The van der Waals surface area contributed by atoms with Crippen molar-refractivity contribution in [1.29, 1.82) is 0 Å². The second kappa shape index (κ2) is 8.04. The van der Waals surface area contributed by atoms with Gasteiger partial charge < -0.3 is 9.64 Å². The topological polar surface area (TPSA) is 93.0 Å². The van der Waals surface area contributed by atoms with Gasteiger partial charge in [0, 0.05) is 43.7 Å². The lowest BCUT2D eigenvalue weighted by atomic mass is 9.87.